The number of rotatable bonds is 3. The Morgan fingerprint density at radius 3 is 2.82 bits per heavy atom. The molecule has 6 nitrogen and oxygen atoms in total. The second kappa shape index (κ2) is 5.76. The molecule has 0 saturated carbocycles. The number of likely N-dealkylation sites (tertiary alicyclic amines) is 1. The SMILES string of the molecule is Cc1cc([C@@H]2CCCN2C(=O)Cn2nc(C)c(Cl)c2C)on1. The van der Waals surface area contributed by atoms with Crippen LogP contribution in [0.1, 0.15) is 41.7 Å². The first-order chi connectivity index (χ1) is 10.5. The Morgan fingerprint density at radius 2 is 2.23 bits per heavy atom. The second-order valence-electron chi connectivity index (χ2n) is 5.76. The van der Waals surface area contributed by atoms with Crippen molar-refractivity contribution < 1.29 is 9.32 Å². The average molecular weight is 323 g/mol. The van der Waals surface area contributed by atoms with Gasteiger partial charge in [0.1, 0.15) is 6.54 Å². The molecule has 1 amide bonds. The molecule has 0 aromatic carbocycles. The highest BCUT2D eigenvalue weighted by molar-refractivity contribution is 6.31. The molecule has 0 N–H and O–H groups in total. The zero-order valence-electron chi connectivity index (χ0n) is 13.0. The number of aromatic nitrogens is 3. The van der Waals surface area contributed by atoms with E-state index in [1.807, 2.05) is 31.7 Å². The van der Waals surface area contributed by atoms with Crippen molar-refractivity contribution in [2.24, 2.45) is 0 Å². The summed E-state index contributed by atoms with van der Waals surface area (Å²) < 4.78 is 7.01. The van der Waals surface area contributed by atoms with Gasteiger partial charge in [-0.15, -0.1) is 0 Å². The molecule has 0 unspecified atom stereocenters. The van der Waals surface area contributed by atoms with Crippen LogP contribution >= 0.6 is 11.6 Å². The highest BCUT2D eigenvalue weighted by Crippen LogP contribution is 2.32. The fraction of sp³-hybridized carbons (Fsp3) is 0.533. The maximum atomic E-state index is 12.6. The van der Waals surface area contributed by atoms with E-state index in [1.165, 1.54) is 0 Å². The van der Waals surface area contributed by atoms with Crippen molar-refractivity contribution in [1.29, 1.82) is 0 Å². The van der Waals surface area contributed by atoms with E-state index in [0.29, 0.717) is 5.02 Å². The molecule has 1 aliphatic rings. The summed E-state index contributed by atoms with van der Waals surface area (Å²) >= 11 is 6.14. The van der Waals surface area contributed by atoms with Gasteiger partial charge < -0.3 is 9.42 Å². The van der Waals surface area contributed by atoms with Crippen molar-refractivity contribution in [3.05, 3.63) is 33.9 Å². The first kappa shape index (κ1) is 15.1. The number of carbonyl (C=O) groups excluding carboxylic acids is 1. The van der Waals surface area contributed by atoms with Gasteiger partial charge in [-0.3, -0.25) is 9.48 Å². The maximum absolute atomic E-state index is 12.6. The maximum Gasteiger partial charge on any atom is 0.244 e. The van der Waals surface area contributed by atoms with Crippen LogP contribution in [0.4, 0.5) is 0 Å². The van der Waals surface area contributed by atoms with E-state index < -0.39 is 0 Å². The third kappa shape index (κ3) is 2.63. The van der Waals surface area contributed by atoms with Crippen molar-refractivity contribution in [3.8, 4) is 0 Å². The molecular formula is C15H19ClN4O2. The van der Waals surface area contributed by atoms with E-state index in [0.717, 1.165) is 42.2 Å². The van der Waals surface area contributed by atoms with Gasteiger partial charge in [-0.25, -0.2) is 0 Å². The first-order valence-electron chi connectivity index (χ1n) is 7.39. The fourth-order valence-corrected chi connectivity index (χ4v) is 3.08. The Balaban J connectivity index is 1.77. The van der Waals surface area contributed by atoms with Gasteiger partial charge in [-0.05, 0) is 33.6 Å². The van der Waals surface area contributed by atoms with E-state index in [9.17, 15) is 4.79 Å². The van der Waals surface area contributed by atoms with E-state index in [-0.39, 0.29) is 18.5 Å². The number of nitrogens with zero attached hydrogens (tertiary/aromatic N) is 4. The Kier molecular flexibility index (Phi) is 3.95. The molecule has 1 aliphatic heterocycles. The molecular weight excluding hydrogens is 304 g/mol. The number of carbonyl (C=O) groups is 1. The Hall–Kier alpha value is -1.82. The van der Waals surface area contributed by atoms with Crippen LogP contribution in [0.25, 0.3) is 0 Å². The van der Waals surface area contributed by atoms with Gasteiger partial charge in [0.05, 0.1) is 28.1 Å². The highest BCUT2D eigenvalue weighted by atomic mass is 35.5. The summed E-state index contributed by atoms with van der Waals surface area (Å²) in [7, 11) is 0. The van der Waals surface area contributed by atoms with Gasteiger partial charge >= 0.3 is 0 Å². The molecule has 2 aromatic rings. The zero-order chi connectivity index (χ0) is 15.9. The van der Waals surface area contributed by atoms with Crippen LogP contribution in [0.5, 0.6) is 0 Å². The number of halogens is 1. The summed E-state index contributed by atoms with van der Waals surface area (Å²) in [6.07, 6.45) is 1.87. The minimum Gasteiger partial charge on any atom is -0.359 e. The summed E-state index contributed by atoms with van der Waals surface area (Å²) in [4.78, 5) is 14.5. The lowest BCUT2D eigenvalue weighted by atomic mass is 10.1. The molecule has 3 rings (SSSR count). The zero-order valence-corrected chi connectivity index (χ0v) is 13.7. The number of amides is 1. The van der Waals surface area contributed by atoms with E-state index >= 15 is 0 Å². The molecule has 0 aliphatic carbocycles. The van der Waals surface area contributed by atoms with Crippen LogP contribution < -0.4 is 0 Å². The normalized spacial score (nSPS) is 18.2. The van der Waals surface area contributed by atoms with Gasteiger partial charge in [-0.1, -0.05) is 16.8 Å². The van der Waals surface area contributed by atoms with Crippen LogP contribution in [-0.4, -0.2) is 32.3 Å². The lowest BCUT2D eigenvalue weighted by molar-refractivity contribution is -0.133. The lowest BCUT2D eigenvalue weighted by Crippen LogP contribution is -2.33. The van der Waals surface area contributed by atoms with Crippen LogP contribution in [0, 0.1) is 20.8 Å². The predicted octanol–water partition coefficient (Wildman–Crippen LogP) is 2.81. The molecule has 0 bridgehead atoms. The van der Waals surface area contributed by atoms with Crippen LogP contribution in [0.15, 0.2) is 10.6 Å². The first-order valence-corrected chi connectivity index (χ1v) is 7.77. The highest BCUT2D eigenvalue weighted by Gasteiger charge is 2.33. The molecule has 3 heterocycles. The van der Waals surface area contributed by atoms with Crippen molar-refractivity contribution in [3.63, 3.8) is 0 Å². The standard InChI is InChI=1S/C15H19ClN4O2/c1-9-7-13(22-18-9)12-5-4-6-19(12)14(21)8-20-11(3)15(16)10(2)17-20/h7,12H,4-6,8H2,1-3H3/t12-/m0/s1. The minimum absolute atomic E-state index is 0.0267. The van der Waals surface area contributed by atoms with Crippen molar-refractivity contribution in [2.75, 3.05) is 6.54 Å². The Bertz CT molecular complexity index is 706. The molecule has 1 fully saturated rings. The quantitative estimate of drug-likeness (QED) is 0.871. The third-order valence-electron chi connectivity index (χ3n) is 4.13. The van der Waals surface area contributed by atoms with Crippen LogP contribution in [0.2, 0.25) is 5.02 Å². The summed E-state index contributed by atoms with van der Waals surface area (Å²) in [5, 5.41) is 8.87. The molecule has 1 saturated heterocycles. The second-order valence-corrected chi connectivity index (χ2v) is 6.14. The van der Waals surface area contributed by atoms with Crippen molar-refractivity contribution in [2.45, 2.75) is 46.2 Å². The molecule has 1 atom stereocenters. The topological polar surface area (TPSA) is 64.2 Å². The van der Waals surface area contributed by atoms with Gasteiger partial charge in [0.25, 0.3) is 0 Å². The molecule has 2 aromatic heterocycles. The largest absolute Gasteiger partial charge is 0.359 e. The van der Waals surface area contributed by atoms with Crippen LogP contribution in [-0.2, 0) is 11.3 Å². The van der Waals surface area contributed by atoms with E-state index in [2.05, 4.69) is 10.3 Å². The van der Waals surface area contributed by atoms with Gasteiger partial charge in [-0.2, -0.15) is 5.10 Å². The minimum atomic E-state index is -0.0267. The summed E-state index contributed by atoms with van der Waals surface area (Å²) in [5.74, 6) is 0.786. The number of hydrogen-bond acceptors (Lipinski definition) is 4. The average Bonchev–Trinajstić information content (AvgIpc) is 3.16. The monoisotopic (exact) mass is 322 g/mol. The molecule has 118 valence electrons. The number of aryl methyl sites for hydroxylation is 2. The molecule has 0 radical (unpaired) electrons. The lowest BCUT2D eigenvalue weighted by Gasteiger charge is -2.22. The summed E-state index contributed by atoms with van der Waals surface area (Å²) in [6, 6.07) is 1.87. The van der Waals surface area contributed by atoms with Crippen molar-refractivity contribution >= 4 is 17.5 Å². The van der Waals surface area contributed by atoms with Crippen LogP contribution in [0.3, 0.4) is 0 Å². The van der Waals surface area contributed by atoms with Gasteiger partial charge in [0, 0.05) is 12.6 Å². The number of hydrogen-bond donors (Lipinski definition) is 0. The fourth-order valence-electron chi connectivity index (χ4n) is 2.95. The summed E-state index contributed by atoms with van der Waals surface area (Å²) in [6.45, 7) is 6.52. The van der Waals surface area contributed by atoms with Gasteiger partial charge in [0.2, 0.25) is 5.91 Å². The summed E-state index contributed by atoms with van der Waals surface area (Å²) in [5.41, 5.74) is 2.40. The molecule has 22 heavy (non-hydrogen) atoms. The van der Waals surface area contributed by atoms with Gasteiger partial charge in [0.15, 0.2) is 5.76 Å². The molecule has 7 heteroatoms. The molecule has 0 spiro atoms. The van der Waals surface area contributed by atoms with E-state index in [1.54, 1.807) is 4.68 Å². The smallest absolute Gasteiger partial charge is 0.244 e. The van der Waals surface area contributed by atoms with E-state index in [4.69, 9.17) is 16.1 Å². The Morgan fingerprint density at radius 1 is 1.45 bits per heavy atom. The predicted molar refractivity (Wildman–Crippen MR) is 81.6 cm³/mol. The third-order valence-corrected chi connectivity index (χ3v) is 4.67. The van der Waals surface area contributed by atoms with Crippen molar-refractivity contribution in [1.82, 2.24) is 19.8 Å². The Labute approximate surface area is 134 Å².